The predicted octanol–water partition coefficient (Wildman–Crippen LogP) is 4.47. The number of hydrogen-bond acceptors (Lipinski definition) is 1. The minimum absolute atomic E-state index is 0.512. The molecule has 2 aromatic rings. The molecule has 0 saturated heterocycles. The van der Waals surface area contributed by atoms with Gasteiger partial charge in [-0.1, -0.05) is 64.5 Å². The molecule has 0 radical (unpaired) electrons. The smallest absolute Gasteiger partial charge is 0.0845 e. The molecule has 1 atom stereocenters. The molecule has 0 spiro atoms. The van der Waals surface area contributed by atoms with Crippen LogP contribution < -0.4 is 0 Å². The molecule has 0 aliphatic carbocycles. The Morgan fingerprint density at radius 1 is 1.06 bits per heavy atom. The van der Waals surface area contributed by atoms with E-state index in [0.29, 0.717) is 6.42 Å². The highest BCUT2D eigenvalue weighted by Gasteiger charge is 2.28. The van der Waals surface area contributed by atoms with Gasteiger partial charge in [0.15, 0.2) is 0 Å². The first kappa shape index (κ1) is 12.9. The number of nitriles is 1. The Bertz CT molecular complexity index is 571. The first-order valence-electron chi connectivity index (χ1n) is 5.86. The summed E-state index contributed by atoms with van der Waals surface area (Å²) < 4.78 is 0.991. The molecule has 0 bridgehead atoms. The maximum absolute atomic E-state index is 9.55. The minimum Gasteiger partial charge on any atom is -0.197 e. The lowest BCUT2D eigenvalue weighted by Gasteiger charge is -2.23. The van der Waals surface area contributed by atoms with Gasteiger partial charge in [0.2, 0.25) is 0 Å². The van der Waals surface area contributed by atoms with E-state index in [9.17, 15) is 5.26 Å². The van der Waals surface area contributed by atoms with Crippen molar-refractivity contribution in [2.24, 2.45) is 0 Å². The van der Waals surface area contributed by atoms with Crippen LogP contribution in [-0.4, -0.2) is 0 Å². The largest absolute Gasteiger partial charge is 0.197 e. The van der Waals surface area contributed by atoms with E-state index in [2.05, 4.69) is 34.1 Å². The zero-order valence-corrected chi connectivity index (χ0v) is 11.8. The minimum atomic E-state index is -0.512. The van der Waals surface area contributed by atoms with Gasteiger partial charge < -0.3 is 0 Å². The Labute approximate surface area is 116 Å². The third kappa shape index (κ3) is 2.63. The van der Waals surface area contributed by atoms with Crippen molar-refractivity contribution in [1.29, 1.82) is 5.26 Å². The topological polar surface area (TPSA) is 23.8 Å². The molecule has 0 heterocycles. The Hall–Kier alpha value is -1.59. The second-order valence-electron chi connectivity index (χ2n) is 4.59. The molecular formula is C16H14BrN. The predicted molar refractivity (Wildman–Crippen MR) is 77.3 cm³/mol. The highest BCUT2D eigenvalue weighted by atomic mass is 79.9. The molecule has 2 aromatic carbocycles. The molecule has 0 saturated carbocycles. The van der Waals surface area contributed by atoms with Crippen molar-refractivity contribution in [1.82, 2.24) is 0 Å². The van der Waals surface area contributed by atoms with Crippen LogP contribution >= 0.6 is 15.9 Å². The number of benzene rings is 2. The summed E-state index contributed by atoms with van der Waals surface area (Å²) in [6, 6.07) is 20.5. The van der Waals surface area contributed by atoms with Crippen LogP contribution in [0.5, 0.6) is 0 Å². The molecule has 90 valence electrons. The van der Waals surface area contributed by atoms with E-state index in [1.807, 2.05) is 49.4 Å². The van der Waals surface area contributed by atoms with Crippen molar-refractivity contribution in [3.8, 4) is 6.07 Å². The molecule has 0 aromatic heterocycles. The summed E-state index contributed by atoms with van der Waals surface area (Å²) in [5.41, 5.74) is 1.70. The van der Waals surface area contributed by atoms with Gasteiger partial charge in [-0.3, -0.25) is 0 Å². The fourth-order valence-corrected chi connectivity index (χ4v) is 2.83. The molecule has 2 heteroatoms. The van der Waals surface area contributed by atoms with Crippen LogP contribution in [0.15, 0.2) is 59.1 Å². The molecule has 2 rings (SSSR count). The molecular weight excluding hydrogens is 286 g/mol. The molecule has 0 fully saturated rings. The van der Waals surface area contributed by atoms with E-state index >= 15 is 0 Å². The van der Waals surface area contributed by atoms with Crippen LogP contribution in [0.25, 0.3) is 0 Å². The average molecular weight is 300 g/mol. The van der Waals surface area contributed by atoms with Crippen molar-refractivity contribution < 1.29 is 0 Å². The zero-order chi connectivity index (χ0) is 13.0. The van der Waals surface area contributed by atoms with Crippen molar-refractivity contribution >= 4 is 15.9 Å². The Balaban J connectivity index is 2.38. The summed E-state index contributed by atoms with van der Waals surface area (Å²) in [7, 11) is 0. The van der Waals surface area contributed by atoms with Gasteiger partial charge in [-0.2, -0.15) is 5.26 Å². The lowest BCUT2D eigenvalue weighted by molar-refractivity contribution is 0.603. The van der Waals surface area contributed by atoms with E-state index < -0.39 is 5.41 Å². The summed E-state index contributed by atoms with van der Waals surface area (Å²) in [6.45, 7) is 1.99. The molecule has 0 amide bonds. The first-order chi connectivity index (χ1) is 8.65. The SMILES string of the molecule is CC(C#N)(Cc1ccccc1)c1ccccc1Br. The van der Waals surface area contributed by atoms with Crippen LogP contribution in [0.2, 0.25) is 0 Å². The second kappa shape index (κ2) is 5.37. The summed E-state index contributed by atoms with van der Waals surface area (Å²) in [6.07, 6.45) is 0.715. The van der Waals surface area contributed by atoms with Crippen LogP contribution in [0.1, 0.15) is 18.1 Å². The molecule has 0 aliphatic rings. The Kier molecular flexibility index (Phi) is 3.84. The van der Waals surface area contributed by atoms with E-state index in [4.69, 9.17) is 0 Å². The number of nitrogens with zero attached hydrogens (tertiary/aromatic N) is 1. The van der Waals surface area contributed by atoms with Crippen LogP contribution in [0.4, 0.5) is 0 Å². The van der Waals surface area contributed by atoms with Crippen LogP contribution in [-0.2, 0) is 11.8 Å². The molecule has 0 N–H and O–H groups in total. The lowest BCUT2D eigenvalue weighted by atomic mass is 9.79. The fraction of sp³-hybridized carbons (Fsp3) is 0.188. The van der Waals surface area contributed by atoms with Gasteiger partial charge in [0.1, 0.15) is 0 Å². The van der Waals surface area contributed by atoms with E-state index in [1.165, 1.54) is 5.56 Å². The van der Waals surface area contributed by atoms with Gasteiger partial charge in [0.25, 0.3) is 0 Å². The number of halogens is 1. The second-order valence-corrected chi connectivity index (χ2v) is 5.44. The molecule has 0 aliphatic heterocycles. The van der Waals surface area contributed by atoms with Crippen LogP contribution in [0, 0.1) is 11.3 Å². The van der Waals surface area contributed by atoms with Gasteiger partial charge in [0.05, 0.1) is 11.5 Å². The van der Waals surface area contributed by atoms with Crippen molar-refractivity contribution in [3.05, 3.63) is 70.2 Å². The van der Waals surface area contributed by atoms with E-state index in [0.717, 1.165) is 10.0 Å². The number of hydrogen-bond donors (Lipinski definition) is 0. The summed E-state index contributed by atoms with van der Waals surface area (Å²) >= 11 is 3.54. The maximum Gasteiger partial charge on any atom is 0.0845 e. The highest BCUT2D eigenvalue weighted by Crippen LogP contribution is 2.32. The third-order valence-electron chi connectivity index (χ3n) is 3.12. The quantitative estimate of drug-likeness (QED) is 0.820. The van der Waals surface area contributed by atoms with Crippen LogP contribution in [0.3, 0.4) is 0 Å². The molecule has 1 unspecified atom stereocenters. The lowest BCUT2D eigenvalue weighted by Crippen LogP contribution is -2.23. The van der Waals surface area contributed by atoms with Gasteiger partial charge in [0, 0.05) is 4.47 Å². The van der Waals surface area contributed by atoms with Gasteiger partial charge in [-0.25, -0.2) is 0 Å². The molecule has 18 heavy (non-hydrogen) atoms. The Morgan fingerprint density at radius 3 is 2.28 bits per heavy atom. The van der Waals surface area contributed by atoms with Crippen molar-refractivity contribution in [2.75, 3.05) is 0 Å². The normalized spacial score (nSPS) is 13.6. The van der Waals surface area contributed by atoms with Crippen molar-refractivity contribution in [3.63, 3.8) is 0 Å². The van der Waals surface area contributed by atoms with Crippen molar-refractivity contribution in [2.45, 2.75) is 18.8 Å². The Morgan fingerprint density at radius 2 is 1.67 bits per heavy atom. The van der Waals surface area contributed by atoms with Gasteiger partial charge >= 0.3 is 0 Å². The fourth-order valence-electron chi connectivity index (χ4n) is 2.11. The van der Waals surface area contributed by atoms with E-state index in [-0.39, 0.29) is 0 Å². The van der Waals surface area contributed by atoms with E-state index in [1.54, 1.807) is 0 Å². The molecule has 1 nitrogen and oxygen atoms in total. The third-order valence-corrected chi connectivity index (χ3v) is 3.81. The monoisotopic (exact) mass is 299 g/mol. The zero-order valence-electron chi connectivity index (χ0n) is 10.2. The first-order valence-corrected chi connectivity index (χ1v) is 6.65. The highest BCUT2D eigenvalue weighted by molar-refractivity contribution is 9.10. The summed E-state index contributed by atoms with van der Waals surface area (Å²) in [4.78, 5) is 0. The summed E-state index contributed by atoms with van der Waals surface area (Å²) in [5.74, 6) is 0. The number of rotatable bonds is 3. The van der Waals surface area contributed by atoms with Gasteiger partial charge in [-0.05, 0) is 30.5 Å². The standard InChI is InChI=1S/C16H14BrN/c1-16(12-18,11-13-7-3-2-4-8-13)14-9-5-6-10-15(14)17/h2-10H,11H2,1H3. The maximum atomic E-state index is 9.55. The van der Waals surface area contributed by atoms with Gasteiger partial charge in [-0.15, -0.1) is 0 Å². The average Bonchev–Trinajstić information content (AvgIpc) is 2.40. The summed E-state index contributed by atoms with van der Waals surface area (Å²) in [5, 5.41) is 9.55.